The fourth-order valence-corrected chi connectivity index (χ4v) is 3.59. The van der Waals surface area contributed by atoms with E-state index in [0.717, 1.165) is 10.9 Å². The first-order valence-corrected chi connectivity index (χ1v) is 9.55. The van der Waals surface area contributed by atoms with Gasteiger partial charge in [-0.1, -0.05) is 24.3 Å². The van der Waals surface area contributed by atoms with Gasteiger partial charge in [-0.05, 0) is 36.8 Å². The van der Waals surface area contributed by atoms with Crippen LogP contribution in [0.15, 0.2) is 69.3 Å². The molecule has 0 saturated heterocycles. The summed E-state index contributed by atoms with van der Waals surface area (Å²) in [7, 11) is 0. The van der Waals surface area contributed by atoms with Gasteiger partial charge in [0.05, 0.1) is 11.3 Å². The Hall–Kier alpha value is -3.76. The molecule has 0 aliphatic heterocycles. The Morgan fingerprint density at radius 3 is 2.93 bits per heavy atom. The number of thiazole rings is 1. The molecule has 142 valence electrons. The number of nitriles is 1. The summed E-state index contributed by atoms with van der Waals surface area (Å²) in [5.74, 6) is -0.371. The molecule has 2 heterocycles. The van der Waals surface area contributed by atoms with Crippen LogP contribution in [0.5, 0.6) is 0 Å². The van der Waals surface area contributed by atoms with Gasteiger partial charge in [0.25, 0.3) is 0 Å². The van der Waals surface area contributed by atoms with E-state index in [-0.39, 0.29) is 11.4 Å². The molecule has 2 aromatic carbocycles. The van der Waals surface area contributed by atoms with E-state index in [4.69, 9.17) is 4.42 Å². The average molecular weight is 403 g/mol. The molecule has 5 nitrogen and oxygen atoms in total. The van der Waals surface area contributed by atoms with Gasteiger partial charge in [-0.2, -0.15) is 5.26 Å². The maximum absolute atomic E-state index is 13.4. The lowest BCUT2D eigenvalue weighted by atomic mass is 10.1. The molecule has 29 heavy (non-hydrogen) atoms. The van der Waals surface area contributed by atoms with Crippen LogP contribution in [0.3, 0.4) is 0 Å². The fourth-order valence-electron chi connectivity index (χ4n) is 2.80. The predicted molar refractivity (Wildman–Crippen MR) is 112 cm³/mol. The van der Waals surface area contributed by atoms with Crippen LogP contribution in [0.4, 0.5) is 10.1 Å². The van der Waals surface area contributed by atoms with Crippen LogP contribution in [-0.4, -0.2) is 4.98 Å². The lowest BCUT2D eigenvalue weighted by molar-refractivity contribution is 0.563. The van der Waals surface area contributed by atoms with Gasteiger partial charge in [-0.25, -0.2) is 14.2 Å². The number of halogens is 1. The van der Waals surface area contributed by atoms with Crippen LogP contribution in [0.1, 0.15) is 10.6 Å². The molecule has 0 amide bonds. The molecule has 0 aliphatic carbocycles. The van der Waals surface area contributed by atoms with Crippen LogP contribution in [0.25, 0.3) is 27.8 Å². The second-order valence-electron chi connectivity index (χ2n) is 6.30. The summed E-state index contributed by atoms with van der Waals surface area (Å²) in [6.07, 6.45) is 1.48. The van der Waals surface area contributed by atoms with Crippen molar-refractivity contribution in [1.29, 1.82) is 5.26 Å². The van der Waals surface area contributed by atoms with Gasteiger partial charge in [0.1, 0.15) is 28.1 Å². The quantitative estimate of drug-likeness (QED) is 0.367. The number of nitrogens with one attached hydrogen (secondary N) is 1. The van der Waals surface area contributed by atoms with Crippen LogP contribution >= 0.6 is 11.3 Å². The highest BCUT2D eigenvalue weighted by Gasteiger charge is 2.14. The Kier molecular flexibility index (Phi) is 4.94. The Balaban J connectivity index is 1.67. The van der Waals surface area contributed by atoms with Gasteiger partial charge in [0, 0.05) is 22.7 Å². The van der Waals surface area contributed by atoms with E-state index < -0.39 is 5.63 Å². The Morgan fingerprint density at radius 1 is 1.28 bits per heavy atom. The molecule has 0 fully saturated rings. The van der Waals surface area contributed by atoms with Crippen molar-refractivity contribution in [2.75, 3.05) is 5.32 Å². The molecular weight excluding hydrogens is 389 g/mol. The third-order valence-electron chi connectivity index (χ3n) is 4.34. The molecule has 0 saturated carbocycles. The number of benzene rings is 2. The van der Waals surface area contributed by atoms with Crippen molar-refractivity contribution in [2.24, 2.45) is 0 Å². The van der Waals surface area contributed by atoms with Gasteiger partial charge in [-0.3, -0.25) is 0 Å². The summed E-state index contributed by atoms with van der Waals surface area (Å²) in [5, 5.41) is 15.4. The first-order chi connectivity index (χ1) is 14.0. The molecular formula is C22H14FN3O2S. The number of para-hydroxylation sites is 1. The summed E-state index contributed by atoms with van der Waals surface area (Å²) < 4.78 is 18.8. The third kappa shape index (κ3) is 3.79. The molecule has 0 spiro atoms. The molecule has 0 unspecified atom stereocenters. The van der Waals surface area contributed by atoms with Gasteiger partial charge >= 0.3 is 5.63 Å². The van der Waals surface area contributed by atoms with Gasteiger partial charge < -0.3 is 9.73 Å². The highest BCUT2D eigenvalue weighted by Crippen LogP contribution is 2.26. The lowest BCUT2D eigenvalue weighted by Gasteiger charge is -2.05. The normalized spacial score (nSPS) is 11.4. The van der Waals surface area contributed by atoms with E-state index in [1.54, 1.807) is 29.6 Å². The van der Waals surface area contributed by atoms with E-state index >= 15 is 0 Å². The highest BCUT2D eigenvalue weighted by atomic mass is 32.1. The third-order valence-corrected chi connectivity index (χ3v) is 5.22. The number of hydrogen-bond donors (Lipinski definition) is 1. The molecule has 2 aromatic heterocycles. The Morgan fingerprint density at radius 2 is 2.10 bits per heavy atom. The molecule has 0 radical (unpaired) electrons. The first kappa shape index (κ1) is 18.6. The van der Waals surface area contributed by atoms with E-state index in [9.17, 15) is 14.4 Å². The van der Waals surface area contributed by atoms with Crippen molar-refractivity contribution >= 4 is 33.6 Å². The molecule has 0 bridgehead atoms. The average Bonchev–Trinajstić information content (AvgIpc) is 3.20. The maximum atomic E-state index is 13.4. The van der Waals surface area contributed by atoms with E-state index in [1.807, 2.05) is 19.1 Å². The predicted octanol–water partition coefficient (Wildman–Crippen LogP) is 5.34. The largest absolute Gasteiger partial charge is 0.422 e. The van der Waals surface area contributed by atoms with Crippen LogP contribution in [0, 0.1) is 24.1 Å². The second kappa shape index (κ2) is 7.70. The number of nitrogens with zero attached hydrogens (tertiary/aromatic N) is 2. The molecule has 1 N–H and O–H groups in total. The SMILES string of the molecule is Cc1ccc(F)cc1N/C=C(/C#N)c1nc(-c2cc3ccccc3oc2=O)cs1. The molecule has 0 aliphatic rings. The van der Waals surface area contributed by atoms with E-state index in [1.165, 1.54) is 29.7 Å². The zero-order valence-corrected chi connectivity index (χ0v) is 16.1. The van der Waals surface area contributed by atoms with Crippen LogP contribution < -0.4 is 10.9 Å². The van der Waals surface area contributed by atoms with E-state index in [2.05, 4.69) is 16.4 Å². The minimum absolute atomic E-state index is 0.273. The number of rotatable bonds is 4. The summed E-state index contributed by atoms with van der Waals surface area (Å²) in [6.45, 7) is 1.84. The van der Waals surface area contributed by atoms with Crippen LogP contribution in [-0.2, 0) is 0 Å². The van der Waals surface area contributed by atoms with Gasteiger partial charge in [-0.15, -0.1) is 11.3 Å². The lowest BCUT2D eigenvalue weighted by Crippen LogP contribution is -2.02. The molecule has 0 atom stereocenters. The summed E-state index contributed by atoms with van der Waals surface area (Å²) in [5.41, 5.74) is 2.46. The number of aryl methyl sites for hydroxylation is 1. The van der Waals surface area contributed by atoms with Crippen molar-refractivity contribution in [1.82, 2.24) is 4.98 Å². The summed E-state index contributed by atoms with van der Waals surface area (Å²) in [6, 6.07) is 15.4. The number of fused-ring (bicyclic) bond motifs is 1. The topological polar surface area (TPSA) is 78.9 Å². The van der Waals surface area contributed by atoms with Crippen molar-refractivity contribution in [3.63, 3.8) is 0 Å². The number of allylic oxidation sites excluding steroid dienone is 1. The Labute approximate surface area is 169 Å². The summed E-state index contributed by atoms with van der Waals surface area (Å²) >= 11 is 1.24. The number of hydrogen-bond acceptors (Lipinski definition) is 6. The second-order valence-corrected chi connectivity index (χ2v) is 7.15. The van der Waals surface area contributed by atoms with Crippen LogP contribution in [0.2, 0.25) is 0 Å². The standard InChI is InChI=1S/C22H14FN3O2S/c1-13-6-7-16(23)9-18(13)25-11-15(10-24)21-26-19(12-29-21)17-8-14-4-2-3-5-20(14)28-22(17)27/h2-9,11-12,25H,1H3/b15-11-. The van der Waals surface area contributed by atoms with Crippen molar-refractivity contribution < 1.29 is 8.81 Å². The zero-order chi connectivity index (χ0) is 20.4. The first-order valence-electron chi connectivity index (χ1n) is 8.67. The minimum atomic E-state index is -0.489. The monoisotopic (exact) mass is 403 g/mol. The molecule has 4 aromatic rings. The van der Waals surface area contributed by atoms with Crippen molar-refractivity contribution in [3.05, 3.63) is 86.9 Å². The fraction of sp³-hybridized carbons (Fsp3) is 0.0455. The van der Waals surface area contributed by atoms with E-state index in [0.29, 0.717) is 27.5 Å². The minimum Gasteiger partial charge on any atom is -0.422 e. The maximum Gasteiger partial charge on any atom is 0.345 e. The van der Waals surface area contributed by atoms with Crippen molar-refractivity contribution in [3.8, 4) is 17.3 Å². The zero-order valence-electron chi connectivity index (χ0n) is 15.3. The molecule has 7 heteroatoms. The number of aromatic nitrogens is 1. The molecule has 4 rings (SSSR count). The Bertz CT molecular complexity index is 1350. The smallest absolute Gasteiger partial charge is 0.345 e. The summed E-state index contributed by atoms with van der Waals surface area (Å²) in [4.78, 5) is 16.8. The van der Waals surface area contributed by atoms with Gasteiger partial charge in [0.15, 0.2) is 0 Å². The highest BCUT2D eigenvalue weighted by molar-refractivity contribution is 7.11. The van der Waals surface area contributed by atoms with Crippen molar-refractivity contribution in [2.45, 2.75) is 6.92 Å². The van der Waals surface area contributed by atoms with Gasteiger partial charge in [0.2, 0.25) is 0 Å². The number of anilines is 1.